The molecule has 1 saturated heterocycles. The van der Waals surface area contributed by atoms with E-state index in [1.54, 1.807) is 7.11 Å². The first-order valence-electron chi connectivity index (χ1n) is 6.51. The second-order valence-corrected chi connectivity index (χ2v) is 4.72. The van der Waals surface area contributed by atoms with Crippen molar-refractivity contribution in [2.75, 3.05) is 46.9 Å². The number of urea groups is 1. The van der Waals surface area contributed by atoms with Gasteiger partial charge in [0.2, 0.25) is 0 Å². The minimum Gasteiger partial charge on any atom is -0.480 e. The highest BCUT2D eigenvalue weighted by Crippen LogP contribution is 2.16. The van der Waals surface area contributed by atoms with E-state index in [9.17, 15) is 9.59 Å². The topological polar surface area (TPSA) is 82.1 Å². The Morgan fingerprint density at radius 1 is 1.47 bits per heavy atom. The van der Waals surface area contributed by atoms with Crippen molar-refractivity contribution in [3.63, 3.8) is 0 Å². The number of aliphatic carboxylic acids is 1. The van der Waals surface area contributed by atoms with Crippen LogP contribution in [0.5, 0.6) is 0 Å². The lowest BCUT2D eigenvalue weighted by molar-refractivity contribution is -0.141. The lowest BCUT2D eigenvalue weighted by Gasteiger charge is -2.23. The first-order valence-corrected chi connectivity index (χ1v) is 6.51. The molecule has 0 saturated carbocycles. The molecule has 7 heteroatoms. The van der Waals surface area contributed by atoms with E-state index in [-0.39, 0.29) is 6.03 Å². The fourth-order valence-corrected chi connectivity index (χ4v) is 2.08. The summed E-state index contributed by atoms with van der Waals surface area (Å²) in [5.41, 5.74) is 0. The molecular weight excluding hydrogens is 250 g/mol. The predicted molar refractivity (Wildman–Crippen MR) is 70.1 cm³/mol. The number of hydrogen-bond acceptors (Lipinski definition) is 4. The van der Waals surface area contributed by atoms with Crippen molar-refractivity contribution in [2.45, 2.75) is 18.9 Å². The molecule has 0 radical (unpaired) electrons. The van der Waals surface area contributed by atoms with Crippen LogP contribution in [0.25, 0.3) is 0 Å². The number of carbonyl (C=O) groups excluding carboxylic acids is 1. The second kappa shape index (κ2) is 7.96. The van der Waals surface area contributed by atoms with E-state index in [0.717, 1.165) is 13.0 Å². The molecule has 0 aromatic carbocycles. The van der Waals surface area contributed by atoms with Gasteiger partial charge in [0.05, 0.1) is 6.61 Å². The number of amides is 2. The molecule has 110 valence electrons. The zero-order valence-corrected chi connectivity index (χ0v) is 11.6. The van der Waals surface area contributed by atoms with Gasteiger partial charge in [-0.3, -0.25) is 0 Å². The molecule has 1 fully saturated rings. The summed E-state index contributed by atoms with van der Waals surface area (Å²) < 4.78 is 4.96. The fourth-order valence-electron chi connectivity index (χ4n) is 2.08. The van der Waals surface area contributed by atoms with Crippen molar-refractivity contribution in [2.24, 2.45) is 0 Å². The minimum atomic E-state index is -0.926. The highest BCUT2D eigenvalue weighted by atomic mass is 16.5. The van der Waals surface area contributed by atoms with Crippen molar-refractivity contribution < 1.29 is 19.4 Å². The zero-order valence-electron chi connectivity index (χ0n) is 11.6. The lowest BCUT2D eigenvalue weighted by Crippen LogP contribution is -2.47. The van der Waals surface area contributed by atoms with Gasteiger partial charge in [-0.1, -0.05) is 0 Å². The van der Waals surface area contributed by atoms with Gasteiger partial charge < -0.3 is 25.0 Å². The van der Waals surface area contributed by atoms with Gasteiger partial charge in [0.1, 0.15) is 6.04 Å². The third kappa shape index (κ3) is 5.04. The Labute approximate surface area is 113 Å². The molecular formula is C12H23N3O4. The first kappa shape index (κ1) is 15.7. The largest absolute Gasteiger partial charge is 0.480 e. The Bertz CT molecular complexity index is 311. The number of carboxylic acid groups (broad SMARTS) is 1. The number of nitrogens with zero attached hydrogens (tertiary/aromatic N) is 2. The lowest BCUT2D eigenvalue weighted by atomic mass is 10.2. The van der Waals surface area contributed by atoms with Crippen LogP contribution in [-0.2, 0) is 9.53 Å². The number of likely N-dealkylation sites (N-methyl/N-ethyl adjacent to an activating group) is 1. The molecule has 0 bridgehead atoms. The highest BCUT2D eigenvalue weighted by Gasteiger charge is 2.33. The maximum absolute atomic E-state index is 11.9. The molecule has 0 aliphatic carbocycles. The van der Waals surface area contributed by atoms with Gasteiger partial charge in [-0.25, -0.2) is 9.59 Å². The van der Waals surface area contributed by atoms with Crippen LogP contribution in [0.2, 0.25) is 0 Å². The van der Waals surface area contributed by atoms with Crippen LogP contribution < -0.4 is 5.32 Å². The SMILES string of the molecule is COCCN(C)CCNC(=O)N1CCC[C@@H]1C(=O)O. The molecule has 1 aliphatic heterocycles. The molecule has 0 spiro atoms. The quantitative estimate of drug-likeness (QED) is 0.672. The molecule has 2 amide bonds. The fraction of sp³-hybridized carbons (Fsp3) is 0.833. The molecule has 1 rings (SSSR count). The van der Waals surface area contributed by atoms with Crippen molar-refractivity contribution in [3.8, 4) is 0 Å². The third-order valence-corrected chi connectivity index (χ3v) is 3.25. The molecule has 0 unspecified atom stereocenters. The van der Waals surface area contributed by atoms with E-state index in [4.69, 9.17) is 9.84 Å². The Balaban J connectivity index is 2.25. The number of rotatable bonds is 7. The average molecular weight is 273 g/mol. The number of likely N-dealkylation sites (tertiary alicyclic amines) is 1. The van der Waals surface area contributed by atoms with Crippen molar-refractivity contribution in [3.05, 3.63) is 0 Å². The number of methoxy groups -OCH3 is 1. The second-order valence-electron chi connectivity index (χ2n) is 4.72. The molecule has 1 atom stereocenters. The van der Waals surface area contributed by atoms with Crippen LogP contribution in [0.3, 0.4) is 0 Å². The Hall–Kier alpha value is -1.34. The molecule has 0 aromatic heterocycles. The monoisotopic (exact) mass is 273 g/mol. The maximum Gasteiger partial charge on any atom is 0.326 e. The normalized spacial score (nSPS) is 18.9. The van der Waals surface area contributed by atoms with Gasteiger partial charge in [-0.15, -0.1) is 0 Å². The average Bonchev–Trinajstić information content (AvgIpc) is 2.85. The summed E-state index contributed by atoms with van der Waals surface area (Å²) in [5, 5.41) is 11.8. The maximum atomic E-state index is 11.9. The van der Waals surface area contributed by atoms with Crippen LogP contribution in [-0.4, -0.2) is 79.9 Å². The molecule has 1 heterocycles. The van der Waals surface area contributed by atoms with Gasteiger partial charge in [0.25, 0.3) is 0 Å². The number of carbonyl (C=O) groups is 2. The van der Waals surface area contributed by atoms with Crippen molar-refractivity contribution >= 4 is 12.0 Å². The van der Waals surface area contributed by atoms with Crippen LogP contribution in [0.4, 0.5) is 4.79 Å². The summed E-state index contributed by atoms with van der Waals surface area (Å²) in [5.74, 6) is -0.926. The Morgan fingerprint density at radius 3 is 2.84 bits per heavy atom. The zero-order chi connectivity index (χ0) is 14.3. The number of hydrogen-bond donors (Lipinski definition) is 2. The van der Waals surface area contributed by atoms with E-state index in [1.165, 1.54) is 4.90 Å². The molecule has 1 aliphatic rings. The molecule has 2 N–H and O–H groups in total. The van der Waals surface area contributed by atoms with Crippen molar-refractivity contribution in [1.82, 2.24) is 15.1 Å². The summed E-state index contributed by atoms with van der Waals surface area (Å²) in [4.78, 5) is 26.3. The predicted octanol–water partition coefficient (Wildman–Crippen LogP) is -0.177. The van der Waals surface area contributed by atoms with Gasteiger partial charge in [0, 0.05) is 33.3 Å². The number of ether oxygens (including phenoxy) is 1. The summed E-state index contributed by atoms with van der Waals surface area (Å²) in [6, 6.07) is -0.962. The molecule has 0 aromatic rings. The summed E-state index contributed by atoms with van der Waals surface area (Å²) in [7, 11) is 3.59. The van der Waals surface area contributed by atoms with Crippen LogP contribution in [0, 0.1) is 0 Å². The van der Waals surface area contributed by atoms with E-state index in [0.29, 0.717) is 32.7 Å². The molecule has 7 nitrogen and oxygen atoms in total. The van der Waals surface area contributed by atoms with E-state index < -0.39 is 12.0 Å². The summed E-state index contributed by atoms with van der Waals surface area (Å²) >= 11 is 0. The summed E-state index contributed by atoms with van der Waals surface area (Å²) in [6.07, 6.45) is 1.29. The smallest absolute Gasteiger partial charge is 0.326 e. The minimum absolute atomic E-state index is 0.287. The standard InChI is InChI=1S/C12H23N3O4/c1-14(8-9-19-2)7-5-13-12(18)15-6-3-4-10(15)11(16)17/h10H,3-9H2,1-2H3,(H,13,18)(H,16,17)/t10-/m1/s1. The van der Waals surface area contributed by atoms with Gasteiger partial charge in [-0.2, -0.15) is 0 Å². The van der Waals surface area contributed by atoms with Gasteiger partial charge >= 0.3 is 12.0 Å². The van der Waals surface area contributed by atoms with E-state index in [1.807, 2.05) is 11.9 Å². The Morgan fingerprint density at radius 2 is 2.21 bits per heavy atom. The van der Waals surface area contributed by atoms with Crippen LogP contribution in [0.1, 0.15) is 12.8 Å². The molecule has 19 heavy (non-hydrogen) atoms. The Kier molecular flexibility index (Phi) is 6.58. The van der Waals surface area contributed by atoms with Crippen molar-refractivity contribution in [1.29, 1.82) is 0 Å². The summed E-state index contributed by atoms with van der Waals surface area (Å²) in [6.45, 7) is 3.18. The first-order chi connectivity index (χ1) is 9.06. The van der Waals surface area contributed by atoms with Crippen LogP contribution >= 0.6 is 0 Å². The van der Waals surface area contributed by atoms with Crippen LogP contribution in [0.15, 0.2) is 0 Å². The van der Waals surface area contributed by atoms with E-state index >= 15 is 0 Å². The number of carboxylic acids is 1. The third-order valence-electron chi connectivity index (χ3n) is 3.25. The van der Waals surface area contributed by atoms with E-state index in [2.05, 4.69) is 5.32 Å². The highest BCUT2D eigenvalue weighted by molar-refractivity contribution is 5.83. The van der Waals surface area contributed by atoms with Gasteiger partial charge in [-0.05, 0) is 19.9 Å². The van der Waals surface area contributed by atoms with Gasteiger partial charge in [0.15, 0.2) is 0 Å². The number of nitrogens with one attached hydrogen (secondary N) is 1.